The molecule has 0 radical (unpaired) electrons. The van der Waals surface area contributed by atoms with Crippen molar-refractivity contribution >= 4 is 27.5 Å². The minimum absolute atomic E-state index is 0.314. The molecule has 8 nitrogen and oxygen atoms in total. The zero-order valence-corrected chi connectivity index (χ0v) is 14.9. The van der Waals surface area contributed by atoms with Crippen LogP contribution in [0.15, 0.2) is 59.1 Å². The minimum atomic E-state index is -0.457. The first kappa shape index (κ1) is 16.9. The van der Waals surface area contributed by atoms with E-state index < -0.39 is 5.91 Å². The summed E-state index contributed by atoms with van der Waals surface area (Å²) in [6.07, 6.45) is 4.52. The average Bonchev–Trinajstić information content (AvgIpc) is 3.14. The number of aryl methyl sites for hydroxylation is 1. The molecule has 0 aliphatic rings. The lowest BCUT2D eigenvalue weighted by atomic mass is 10.2. The van der Waals surface area contributed by atoms with E-state index in [0.29, 0.717) is 33.2 Å². The molecule has 3 heterocycles. The number of thiophene rings is 1. The molecule has 0 saturated heterocycles. The summed E-state index contributed by atoms with van der Waals surface area (Å²) in [6.45, 7) is 1.66. The van der Waals surface area contributed by atoms with Crippen LogP contribution in [-0.4, -0.2) is 25.5 Å². The van der Waals surface area contributed by atoms with E-state index in [1.807, 2.05) is 0 Å². The van der Waals surface area contributed by atoms with Crippen molar-refractivity contribution in [3.63, 3.8) is 0 Å². The van der Waals surface area contributed by atoms with Gasteiger partial charge in [-0.1, -0.05) is 6.07 Å². The monoisotopic (exact) mass is 379 g/mol. The zero-order valence-electron chi connectivity index (χ0n) is 14.1. The van der Waals surface area contributed by atoms with Crippen molar-refractivity contribution in [3.05, 3.63) is 76.0 Å². The highest BCUT2D eigenvalue weighted by molar-refractivity contribution is 7.16. The van der Waals surface area contributed by atoms with Gasteiger partial charge in [-0.05, 0) is 36.6 Å². The number of aromatic nitrogens is 4. The van der Waals surface area contributed by atoms with Gasteiger partial charge in [-0.2, -0.15) is 0 Å². The molecule has 0 aliphatic heterocycles. The number of benzene rings is 1. The minimum Gasteiger partial charge on any atom is -0.437 e. The Morgan fingerprint density at radius 1 is 1.26 bits per heavy atom. The van der Waals surface area contributed by atoms with Crippen LogP contribution in [0.4, 0.5) is 0 Å². The molecule has 134 valence electrons. The van der Waals surface area contributed by atoms with Crippen molar-refractivity contribution in [1.82, 2.24) is 19.6 Å². The number of nitrogens with zero attached hydrogens (tertiary/aromatic N) is 4. The first-order valence-electron chi connectivity index (χ1n) is 7.94. The Morgan fingerprint density at radius 3 is 2.96 bits per heavy atom. The molecule has 9 heteroatoms. The predicted molar refractivity (Wildman–Crippen MR) is 101 cm³/mol. The number of carbonyl (C=O) groups excluding carboxylic acids is 1. The van der Waals surface area contributed by atoms with Gasteiger partial charge in [0.1, 0.15) is 16.4 Å². The molecule has 0 aliphatic carbocycles. The summed E-state index contributed by atoms with van der Waals surface area (Å²) < 4.78 is 6.73. The van der Waals surface area contributed by atoms with Crippen molar-refractivity contribution in [1.29, 1.82) is 0 Å². The van der Waals surface area contributed by atoms with Crippen LogP contribution in [0.3, 0.4) is 0 Å². The Morgan fingerprint density at radius 2 is 2.15 bits per heavy atom. The number of carbonyl (C=O) groups is 1. The highest BCUT2D eigenvalue weighted by Crippen LogP contribution is 2.20. The molecule has 1 aromatic carbocycles. The van der Waals surface area contributed by atoms with Crippen LogP contribution in [-0.2, 0) is 0 Å². The molecule has 3 aromatic heterocycles. The standard InChI is InChI=1S/C18H13N5O3S/c1-11-21-17-14(5-8-27-17)18(25)23(11)22-16(24)12-3-2-4-13(9-12)26-15-10-19-6-7-20-15/h2-10H,1H3,(H,22,24). The Hall–Kier alpha value is -3.59. The fraction of sp³-hybridized carbons (Fsp3) is 0.0556. The van der Waals surface area contributed by atoms with Gasteiger partial charge < -0.3 is 4.74 Å². The smallest absolute Gasteiger partial charge is 0.281 e. The first-order chi connectivity index (χ1) is 13.1. The molecule has 0 unspecified atom stereocenters. The van der Waals surface area contributed by atoms with Crippen molar-refractivity contribution in [2.75, 3.05) is 5.43 Å². The predicted octanol–water partition coefficient (Wildman–Crippen LogP) is 2.73. The molecular weight excluding hydrogens is 366 g/mol. The van der Waals surface area contributed by atoms with Gasteiger partial charge in [0, 0.05) is 18.0 Å². The Bertz CT molecular complexity index is 1190. The topological polar surface area (TPSA) is 99.0 Å². The van der Waals surface area contributed by atoms with Gasteiger partial charge in [0.15, 0.2) is 0 Å². The molecule has 1 amide bonds. The number of nitrogens with one attached hydrogen (secondary N) is 1. The third-order valence-corrected chi connectivity index (χ3v) is 4.54. The van der Waals surface area contributed by atoms with Gasteiger partial charge in [-0.15, -0.1) is 11.3 Å². The molecule has 27 heavy (non-hydrogen) atoms. The van der Waals surface area contributed by atoms with Crippen LogP contribution in [0.5, 0.6) is 11.6 Å². The van der Waals surface area contributed by atoms with Crippen LogP contribution < -0.4 is 15.7 Å². The second-order valence-electron chi connectivity index (χ2n) is 5.55. The second kappa shape index (κ2) is 6.96. The highest BCUT2D eigenvalue weighted by atomic mass is 32.1. The maximum atomic E-state index is 12.6. The normalized spacial score (nSPS) is 10.7. The number of ether oxygens (including phenoxy) is 1. The number of hydrogen-bond acceptors (Lipinski definition) is 7. The maximum absolute atomic E-state index is 12.6. The summed E-state index contributed by atoms with van der Waals surface area (Å²) in [4.78, 5) is 38.1. The number of amides is 1. The fourth-order valence-corrected chi connectivity index (χ4v) is 3.27. The van der Waals surface area contributed by atoms with Crippen molar-refractivity contribution in [2.45, 2.75) is 6.92 Å². The average molecular weight is 379 g/mol. The first-order valence-corrected chi connectivity index (χ1v) is 8.82. The van der Waals surface area contributed by atoms with E-state index in [9.17, 15) is 9.59 Å². The molecule has 0 fully saturated rings. The lowest BCUT2D eigenvalue weighted by Crippen LogP contribution is -2.35. The van der Waals surface area contributed by atoms with Crippen LogP contribution >= 0.6 is 11.3 Å². The van der Waals surface area contributed by atoms with Gasteiger partial charge in [0.2, 0.25) is 5.88 Å². The van der Waals surface area contributed by atoms with Gasteiger partial charge >= 0.3 is 0 Å². The third kappa shape index (κ3) is 3.40. The molecule has 1 N–H and O–H groups in total. The van der Waals surface area contributed by atoms with Crippen LogP contribution in [0.2, 0.25) is 0 Å². The van der Waals surface area contributed by atoms with E-state index in [-0.39, 0.29) is 5.56 Å². The summed E-state index contributed by atoms with van der Waals surface area (Å²) in [5, 5.41) is 2.25. The van der Waals surface area contributed by atoms with Crippen molar-refractivity contribution in [2.24, 2.45) is 0 Å². The van der Waals surface area contributed by atoms with Gasteiger partial charge in [-0.3, -0.25) is 20.0 Å². The van der Waals surface area contributed by atoms with Crippen LogP contribution in [0.25, 0.3) is 10.2 Å². The van der Waals surface area contributed by atoms with E-state index in [2.05, 4.69) is 20.4 Å². The van der Waals surface area contributed by atoms with E-state index in [1.54, 1.807) is 42.6 Å². The lowest BCUT2D eigenvalue weighted by Gasteiger charge is -2.11. The maximum Gasteiger partial charge on any atom is 0.281 e. The van der Waals surface area contributed by atoms with Crippen LogP contribution in [0, 0.1) is 6.92 Å². The molecular formula is C18H13N5O3S. The molecule has 4 aromatic rings. The van der Waals surface area contributed by atoms with Gasteiger partial charge in [-0.25, -0.2) is 14.6 Å². The Labute approximate surface area is 157 Å². The second-order valence-corrected chi connectivity index (χ2v) is 6.45. The summed E-state index contributed by atoms with van der Waals surface area (Å²) in [5.74, 6) is 0.685. The summed E-state index contributed by atoms with van der Waals surface area (Å²) >= 11 is 1.38. The molecule has 0 spiro atoms. The van der Waals surface area contributed by atoms with E-state index in [4.69, 9.17) is 4.74 Å². The number of fused-ring (bicyclic) bond motifs is 1. The van der Waals surface area contributed by atoms with E-state index in [1.165, 1.54) is 29.9 Å². The number of hydrogen-bond donors (Lipinski definition) is 1. The van der Waals surface area contributed by atoms with Gasteiger partial charge in [0.25, 0.3) is 11.5 Å². The van der Waals surface area contributed by atoms with Crippen molar-refractivity contribution in [3.8, 4) is 11.6 Å². The number of rotatable bonds is 4. The summed E-state index contributed by atoms with van der Waals surface area (Å²) in [6, 6.07) is 8.24. The highest BCUT2D eigenvalue weighted by Gasteiger charge is 2.13. The van der Waals surface area contributed by atoms with Gasteiger partial charge in [0.05, 0.1) is 11.6 Å². The van der Waals surface area contributed by atoms with E-state index in [0.717, 1.165) is 4.68 Å². The largest absolute Gasteiger partial charge is 0.437 e. The SMILES string of the molecule is Cc1nc2sccc2c(=O)n1NC(=O)c1cccc(Oc2cnccn2)c1. The van der Waals surface area contributed by atoms with Crippen molar-refractivity contribution < 1.29 is 9.53 Å². The molecule has 4 rings (SSSR count). The quantitative estimate of drug-likeness (QED) is 0.585. The molecule has 0 bridgehead atoms. The van der Waals surface area contributed by atoms with E-state index >= 15 is 0 Å². The zero-order chi connectivity index (χ0) is 18.8. The Balaban J connectivity index is 1.60. The third-order valence-electron chi connectivity index (χ3n) is 3.74. The summed E-state index contributed by atoms with van der Waals surface area (Å²) in [7, 11) is 0. The molecule has 0 atom stereocenters. The lowest BCUT2D eigenvalue weighted by molar-refractivity contribution is 0.101. The van der Waals surface area contributed by atoms with Crippen LogP contribution in [0.1, 0.15) is 16.2 Å². The fourth-order valence-electron chi connectivity index (χ4n) is 2.47. The summed E-state index contributed by atoms with van der Waals surface area (Å²) in [5.41, 5.74) is 2.60. The Kier molecular flexibility index (Phi) is 4.35. The molecule has 0 saturated carbocycles.